The molecule has 1 aromatic heterocycles. The van der Waals surface area contributed by atoms with E-state index in [2.05, 4.69) is 25.6 Å². The Hall–Kier alpha value is -0.210. The molecule has 0 bridgehead atoms. The number of hydrogen-bond acceptors (Lipinski definition) is 4. The summed E-state index contributed by atoms with van der Waals surface area (Å²) in [6.07, 6.45) is 5.47. The lowest BCUT2D eigenvalue weighted by atomic mass is 10.1. The summed E-state index contributed by atoms with van der Waals surface area (Å²) in [5, 5.41) is -0.0328. The molecule has 2 rings (SSSR count). The fourth-order valence-corrected chi connectivity index (χ4v) is 4.05. The zero-order valence-electron chi connectivity index (χ0n) is 10.8. The molecular weight excluding hydrogens is 368 g/mol. The van der Waals surface area contributed by atoms with Crippen LogP contribution in [0.2, 0.25) is 5.15 Å². The van der Waals surface area contributed by atoms with Crippen molar-refractivity contribution >= 4 is 37.6 Å². The number of hydrogen-bond donors (Lipinski definition) is 1. The van der Waals surface area contributed by atoms with Crippen LogP contribution in [0.5, 0.6) is 0 Å². The smallest absolute Gasteiger partial charge is 0.243 e. The second kappa shape index (κ2) is 7.17. The third kappa shape index (κ3) is 4.39. The molecule has 0 saturated carbocycles. The van der Waals surface area contributed by atoms with Gasteiger partial charge in [0.1, 0.15) is 10.0 Å². The second-order valence-corrected chi connectivity index (χ2v) is 7.63. The van der Waals surface area contributed by atoms with Gasteiger partial charge < -0.3 is 4.74 Å². The molecule has 20 heavy (non-hydrogen) atoms. The zero-order valence-corrected chi connectivity index (χ0v) is 14.0. The highest BCUT2D eigenvalue weighted by atomic mass is 79.9. The van der Waals surface area contributed by atoms with Crippen molar-refractivity contribution in [3.05, 3.63) is 21.9 Å². The van der Waals surface area contributed by atoms with Crippen LogP contribution in [-0.4, -0.2) is 32.7 Å². The van der Waals surface area contributed by atoms with Gasteiger partial charge in [0.2, 0.25) is 10.0 Å². The van der Waals surface area contributed by atoms with Gasteiger partial charge in [-0.05, 0) is 47.7 Å². The van der Waals surface area contributed by atoms with Crippen LogP contribution in [0, 0.1) is 0 Å². The third-order valence-corrected chi connectivity index (χ3v) is 5.42. The number of nitrogens with zero attached hydrogens (tertiary/aromatic N) is 1. The highest BCUT2D eigenvalue weighted by Gasteiger charge is 2.20. The normalized spacial score (nSPS) is 20.0. The number of sulfonamides is 1. The van der Waals surface area contributed by atoms with Crippen molar-refractivity contribution in [1.82, 2.24) is 9.71 Å². The van der Waals surface area contributed by atoms with Crippen LogP contribution in [-0.2, 0) is 14.8 Å². The van der Waals surface area contributed by atoms with Gasteiger partial charge in [-0.1, -0.05) is 11.6 Å². The number of halogens is 2. The third-order valence-electron chi connectivity index (χ3n) is 3.10. The van der Waals surface area contributed by atoms with Gasteiger partial charge in [0.15, 0.2) is 0 Å². The largest absolute Gasteiger partial charge is 0.378 e. The maximum absolute atomic E-state index is 12.1. The van der Waals surface area contributed by atoms with Crippen molar-refractivity contribution in [3.63, 3.8) is 0 Å². The summed E-state index contributed by atoms with van der Waals surface area (Å²) in [5.74, 6) is 0. The van der Waals surface area contributed by atoms with E-state index in [1.165, 1.54) is 12.3 Å². The minimum atomic E-state index is -3.64. The molecule has 1 saturated heterocycles. The summed E-state index contributed by atoms with van der Waals surface area (Å²) in [6.45, 7) is 1.09. The first kappa shape index (κ1) is 16.2. The van der Waals surface area contributed by atoms with E-state index >= 15 is 0 Å². The average molecular weight is 384 g/mol. The van der Waals surface area contributed by atoms with Gasteiger partial charge in [-0.2, -0.15) is 0 Å². The lowest BCUT2D eigenvalue weighted by molar-refractivity contribution is 0.0123. The number of pyridine rings is 1. The highest BCUT2D eigenvalue weighted by Crippen LogP contribution is 2.22. The first-order valence-corrected chi connectivity index (χ1v) is 9.07. The molecule has 0 aromatic carbocycles. The Labute approximate surface area is 132 Å². The molecule has 2 heterocycles. The SMILES string of the molecule is O=S(=O)(NCCC1CCCCO1)c1cc(Br)cnc1Cl. The summed E-state index contributed by atoms with van der Waals surface area (Å²) in [7, 11) is -3.64. The second-order valence-electron chi connectivity index (χ2n) is 4.62. The Kier molecular flexibility index (Phi) is 5.80. The van der Waals surface area contributed by atoms with Crippen molar-refractivity contribution < 1.29 is 13.2 Å². The van der Waals surface area contributed by atoms with Crippen LogP contribution in [0.3, 0.4) is 0 Å². The monoisotopic (exact) mass is 382 g/mol. The predicted octanol–water partition coefficient (Wildman–Crippen LogP) is 2.74. The van der Waals surface area contributed by atoms with Crippen molar-refractivity contribution in [2.24, 2.45) is 0 Å². The van der Waals surface area contributed by atoms with E-state index in [9.17, 15) is 8.42 Å². The van der Waals surface area contributed by atoms with E-state index < -0.39 is 10.0 Å². The number of rotatable bonds is 5. The molecule has 1 N–H and O–H groups in total. The molecule has 1 aliphatic heterocycles. The fraction of sp³-hybridized carbons (Fsp3) is 0.583. The van der Waals surface area contributed by atoms with E-state index in [0.717, 1.165) is 25.9 Å². The number of aromatic nitrogens is 1. The molecule has 5 nitrogen and oxygen atoms in total. The molecular formula is C12H16BrClN2O3S. The molecule has 8 heteroatoms. The Bertz CT molecular complexity index is 562. The van der Waals surface area contributed by atoms with E-state index in [-0.39, 0.29) is 16.2 Å². The molecule has 0 aliphatic carbocycles. The first-order chi connectivity index (χ1) is 9.49. The minimum absolute atomic E-state index is 0.0156. The van der Waals surface area contributed by atoms with Gasteiger partial charge in [-0.25, -0.2) is 18.1 Å². The molecule has 1 unspecified atom stereocenters. The summed E-state index contributed by atoms with van der Waals surface area (Å²) in [4.78, 5) is 3.80. The van der Waals surface area contributed by atoms with Crippen LogP contribution in [0.15, 0.2) is 21.6 Å². The van der Waals surface area contributed by atoms with Gasteiger partial charge in [-0.3, -0.25) is 0 Å². The number of ether oxygens (including phenoxy) is 1. The Morgan fingerprint density at radius 2 is 2.30 bits per heavy atom. The molecule has 1 aromatic rings. The highest BCUT2D eigenvalue weighted by molar-refractivity contribution is 9.10. The van der Waals surface area contributed by atoms with Crippen LogP contribution in [0.4, 0.5) is 0 Å². The standard InChI is InChI=1S/C12H16BrClN2O3S/c13-9-7-11(12(14)15-8-9)20(17,18)16-5-4-10-3-1-2-6-19-10/h7-8,10,16H,1-6H2. The van der Waals surface area contributed by atoms with Gasteiger partial charge in [0.05, 0.1) is 6.10 Å². The Balaban J connectivity index is 1.95. The van der Waals surface area contributed by atoms with Gasteiger partial charge >= 0.3 is 0 Å². The average Bonchev–Trinajstić information content (AvgIpc) is 2.42. The lowest BCUT2D eigenvalue weighted by Crippen LogP contribution is -2.29. The van der Waals surface area contributed by atoms with Gasteiger partial charge in [0, 0.05) is 23.8 Å². The Morgan fingerprint density at radius 3 is 3.00 bits per heavy atom. The molecule has 0 amide bonds. The van der Waals surface area contributed by atoms with Crippen molar-refractivity contribution in [1.29, 1.82) is 0 Å². The van der Waals surface area contributed by atoms with Crippen LogP contribution < -0.4 is 4.72 Å². The molecule has 1 fully saturated rings. The molecule has 0 radical (unpaired) electrons. The molecule has 112 valence electrons. The Morgan fingerprint density at radius 1 is 1.50 bits per heavy atom. The quantitative estimate of drug-likeness (QED) is 0.794. The van der Waals surface area contributed by atoms with Crippen LogP contribution >= 0.6 is 27.5 Å². The molecule has 1 aliphatic rings. The molecule has 1 atom stereocenters. The summed E-state index contributed by atoms with van der Waals surface area (Å²) < 4.78 is 33.0. The van der Waals surface area contributed by atoms with E-state index in [0.29, 0.717) is 17.4 Å². The van der Waals surface area contributed by atoms with Gasteiger partial charge in [-0.15, -0.1) is 0 Å². The van der Waals surface area contributed by atoms with Crippen LogP contribution in [0.1, 0.15) is 25.7 Å². The lowest BCUT2D eigenvalue weighted by Gasteiger charge is -2.22. The van der Waals surface area contributed by atoms with Crippen LogP contribution in [0.25, 0.3) is 0 Å². The van der Waals surface area contributed by atoms with Crippen molar-refractivity contribution in [3.8, 4) is 0 Å². The van der Waals surface area contributed by atoms with Crippen molar-refractivity contribution in [2.75, 3.05) is 13.2 Å². The van der Waals surface area contributed by atoms with Gasteiger partial charge in [0.25, 0.3) is 0 Å². The predicted molar refractivity (Wildman–Crippen MR) is 80.3 cm³/mol. The minimum Gasteiger partial charge on any atom is -0.378 e. The number of nitrogens with one attached hydrogen (secondary N) is 1. The van der Waals surface area contributed by atoms with Crippen molar-refractivity contribution in [2.45, 2.75) is 36.7 Å². The van der Waals surface area contributed by atoms with E-state index in [1.54, 1.807) is 0 Å². The summed E-state index contributed by atoms with van der Waals surface area (Å²) >= 11 is 9.02. The maximum Gasteiger partial charge on any atom is 0.243 e. The maximum atomic E-state index is 12.1. The summed E-state index contributed by atoms with van der Waals surface area (Å²) in [6, 6.07) is 1.44. The topological polar surface area (TPSA) is 68.3 Å². The zero-order chi connectivity index (χ0) is 14.6. The fourth-order valence-electron chi connectivity index (χ4n) is 2.06. The first-order valence-electron chi connectivity index (χ1n) is 6.41. The van der Waals surface area contributed by atoms with E-state index in [1.807, 2.05) is 0 Å². The van der Waals surface area contributed by atoms with E-state index in [4.69, 9.17) is 16.3 Å². The molecule has 0 spiro atoms. The summed E-state index contributed by atoms with van der Waals surface area (Å²) in [5.41, 5.74) is 0.